The molecule has 0 saturated carbocycles. The highest BCUT2D eigenvalue weighted by Crippen LogP contribution is 2.24. The molecule has 1 aromatic carbocycles. The highest BCUT2D eigenvalue weighted by Gasteiger charge is 2.21. The Morgan fingerprint density at radius 2 is 2.08 bits per heavy atom. The summed E-state index contributed by atoms with van der Waals surface area (Å²) in [7, 11) is -3.94. The molecule has 1 N–H and O–H groups in total. The Morgan fingerprint density at radius 3 is 2.67 bits per heavy atom. The maximum atomic E-state index is 12.1. The first-order valence-corrected chi connectivity index (χ1v) is 8.87. The first-order chi connectivity index (χ1) is 11.2. The highest BCUT2D eigenvalue weighted by molar-refractivity contribution is 7.89. The van der Waals surface area contributed by atoms with E-state index < -0.39 is 28.6 Å². The number of hydrogen-bond donors (Lipinski definition) is 1. The second kappa shape index (κ2) is 7.47. The normalized spacial score (nSPS) is 12.8. The molecule has 1 unspecified atom stereocenters. The number of nitrogens with zero attached hydrogens (tertiary/aromatic N) is 2. The van der Waals surface area contributed by atoms with E-state index in [4.69, 9.17) is 32.5 Å². The number of benzene rings is 1. The number of aryl methyl sites for hydroxylation is 1. The molecule has 0 amide bonds. The number of nitrogens with one attached hydrogen (secondary N) is 1. The zero-order chi connectivity index (χ0) is 17.9. The Kier molecular flexibility index (Phi) is 5.81. The van der Waals surface area contributed by atoms with E-state index in [-0.39, 0.29) is 20.8 Å². The summed E-state index contributed by atoms with van der Waals surface area (Å²) in [6.07, 6.45) is -0.798. The average Bonchev–Trinajstić information content (AvgIpc) is 2.94. The molecule has 0 radical (unpaired) electrons. The van der Waals surface area contributed by atoms with Crippen molar-refractivity contribution in [2.45, 2.75) is 24.8 Å². The molecule has 8 nitrogen and oxygen atoms in total. The third-order valence-electron chi connectivity index (χ3n) is 2.81. The molecule has 0 aliphatic carbocycles. The summed E-state index contributed by atoms with van der Waals surface area (Å²) < 4.78 is 36.2. The number of carbonyl (C=O) groups is 1. The van der Waals surface area contributed by atoms with Crippen molar-refractivity contribution in [3.8, 4) is 0 Å². The third-order valence-corrected chi connectivity index (χ3v) is 4.95. The summed E-state index contributed by atoms with van der Waals surface area (Å²) in [4.78, 5) is 15.5. The van der Waals surface area contributed by atoms with Crippen LogP contribution in [0, 0.1) is 6.92 Å². The predicted octanol–water partition coefficient (Wildman–Crippen LogP) is 2.27. The molecule has 0 aliphatic rings. The molecule has 0 bridgehead atoms. The standard InChI is InChI=1S/C13H13Cl2N3O5S/c1-7(13-17-8(2)18-23-13)22-12(19)6-16-24(20,21)9-3-4-10(14)11(15)5-9/h3-5,7,16H,6H2,1-2H3. The molecule has 0 spiro atoms. The maximum absolute atomic E-state index is 12.1. The Bertz CT molecular complexity index is 853. The van der Waals surface area contributed by atoms with E-state index in [0.29, 0.717) is 5.82 Å². The van der Waals surface area contributed by atoms with E-state index in [1.807, 2.05) is 0 Å². The Labute approximate surface area is 148 Å². The first kappa shape index (κ1) is 18.7. The lowest BCUT2D eigenvalue weighted by Crippen LogP contribution is -2.31. The lowest BCUT2D eigenvalue weighted by Gasteiger charge is -2.10. The minimum atomic E-state index is -3.94. The van der Waals surface area contributed by atoms with Gasteiger partial charge in [0.15, 0.2) is 11.9 Å². The molecule has 1 atom stereocenters. The van der Waals surface area contributed by atoms with Crippen LogP contribution in [0.15, 0.2) is 27.6 Å². The molecule has 1 heterocycles. The molecule has 0 saturated heterocycles. The number of aromatic nitrogens is 2. The molecular formula is C13H13Cl2N3O5S. The van der Waals surface area contributed by atoms with Gasteiger partial charge >= 0.3 is 5.97 Å². The molecule has 0 aliphatic heterocycles. The van der Waals surface area contributed by atoms with Crippen molar-refractivity contribution in [3.05, 3.63) is 40.0 Å². The lowest BCUT2D eigenvalue weighted by atomic mass is 10.4. The molecular weight excluding hydrogens is 381 g/mol. The summed E-state index contributed by atoms with van der Waals surface area (Å²) in [5.74, 6) is -0.289. The van der Waals surface area contributed by atoms with Gasteiger partial charge in [-0.1, -0.05) is 28.4 Å². The number of rotatable bonds is 6. The van der Waals surface area contributed by atoms with Gasteiger partial charge in [-0.25, -0.2) is 8.42 Å². The van der Waals surface area contributed by atoms with Crippen LogP contribution in [0.4, 0.5) is 0 Å². The fourth-order valence-corrected chi connectivity index (χ4v) is 3.01. The fraction of sp³-hybridized carbons (Fsp3) is 0.308. The number of halogens is 2. The molecule has 11 heteroatoms. The summed E-state index contributed by atoms with van der Waals surface area (Å²) in [6, 6.07) is 3.80. The second-order valence-corrected chi connectivity index (χ2v) is 7.29. The number of carbonyl (C=O) groups excluding carboxylic acids is 1. The van der Waals surface area contributed by atoms with Gasteiger partial charge in [0.2, 0.25) is 10.0 Å². The lowest BCUT2D eigenvalue weighted by molar-refractivity contribution is -0.148. The van der Waals surface area contributed by atoms with Crippen LogP contribution in [-0.2, 0) is 19.6 Å². The molecule has 24 heavy (non-hydrogen) atoms. The van der Waals surface area contributed by atoms with E-state index in [0.717, 1.165) is 0 Å². The van der Waals surface area contributed by atoms with Crippen LogP contribution in [-0.4, -0.2) is 31.1 Å². The van der Waals surface area contributed by atoms with Gasteiger partial charge in [-0.3, -0.25) is 4.79 Å². The van der Waals surface area contributed by atoms with E-state index in [1.54, 1.807) is 6.92 Å². The van der Waals surface area contributed by atoms with Crippen molar-refractivity contribution >= 4 is 39.2 Å². The van der Waals surface area contributed by atoms with Gasteiger partial charge in [0.05, 0.1) is 14.9 Å². The SMILES string of the molecule is Cc1noc(C(C)OC(=O)CNS(=O)(=O)c2ccc(Cl)c(Cl)c2)n1. The van der Waals surface area contributed by atoms with Gasteiger partial charge in [0.1, 0.15) is 6.54 Å². The van der Waals surface area contributed by atoms with Gasteiger partial charge in [-0.15, -0.1) is 0 Å². The van der Waals surface area contributed by atoms with Crippen LogP contribution in [0.1, 0.15) is 24.7 Å². The summed E-state index contributed by atoms with van der Waals surface area (Å²) in [5.41, 5.74) is 0. The number of sulfonamides is 1. The van der Waals surface area contributed by atoms with Gasteiger partial charge in [-0.05, 0) is 32.0 Å². The van der Waals surface area contributed by atoms with Crippen molar-refractivity contribution in [2.24, 2.45) is 0 Å². The summed E-state index contributed by atoms with van der Waals surface area (Å²) in [5, 5.41) is 3.88. The number of hydrogen-bond acceptors (Lipinski definition) is 7. The van der Waals surface area contributed by atoms with Crippen LogP contribution in [0.5, 0.6) is 0 Å². The third kappa shape index (κ3) is 4.67. The quantitative estimate of drug-likeness (QED) is 0.748. The minimum Gasteiger partial charge on any atom is -0.452 e. The van der Waals surface area contributed by atoms with E-state index in [9.17, 15) is 13.2 Å². The summed E-state index contributed by atoms with van der Waals surface area (Å²) >= 11 is 11.5. The van der Waals surface area contributed by atoms with Gasteiger partial charge in [0.25, 0.3) is 5.89 Å². The van der Waals surface area contributed by atoms with Crippen LogP contribution in [0.2, 0.25) is 10.0 Å². The Hall–Kier alpha value is -1.68. The minimum absolute atomic E-state index is 0.0857. The van der Waals surface area contributed by atoms with Crippen LogP contribution < -0.4 is 4.72 Å². The van der Waals surface area contributed by atoms with E-state index >= 15 is 0 Å². The monoisotopic (exact) mass is 393 g/mol. The molecule has 1 aromatic heterocycles. The van der Waals surface area contributed by atoms with Crippen LogP contribution in [0.25, 0.3) is 0 Å². The van der Waals surface area contributed by atoms with Crippen LogP contribution in [0.3, 0.4) is 0 Å². The van der Waals surface area contributed by atoms with Crippen molar-refractivity contribution in [1.82, 2.24) is 14.9 Å². The Morgan fingerprint density at radius 1 is 1.38 bits per heavy atom. The zero-order valence-electron chi connectivity index (χ0n) is 12.6. The van der Waals surface area contributed by atoms with Crippen molar-refractivity contribution in [1.29, 1.82) is 0 Å². The average molecular weight is 394 g/mol. The molecule has 2 rings (SSSR count). The summed E-state index contributed by atoms with van der Waals surface area (Å²) in [6.45, 7) is 2.57. The van der Waals surface area contributed by atoms with E-state index in [1.165, 1.54) is 25.1 Å². The van der Waals surface area contributed by atoms with Crippen molar-refractivity contribution in [3.63, 3.8) is 0 Å². The number of esters is 1. The van der Waals surface area contributed by atoms with Gasteiger partial charge < -0.3 is 9.26 Å². The van der Waals surface area contributed by atoms with Gasteiger partial charge in [0, 0.05) is 0 Å². The topological polar surface area (TPSA) is 111 Å². The molecule has 0 fully saturated rings. The van der Waals surface area contributed by atoms with Crippen molar-refractivity contribution in [2.75, 3.05) is 6.54 Å². The van der Waals surface area contributed by atoms with E-state index in [2.05, 4.69) is 14.9 Å². The predicted molar refractivity (Wildman–Crippen MR) is 85.2 cm³/mol. The first-order valence-electron chi connectivity index (χ1n) is 6.63. The largest absolute Gasteiger partial charge is 0.452 e. The van der Waals surface area contributed by atoms with Gasteiger partial charge in [-0.2, -0.15) is 9.71 Å². The fourth-order valence-electron chi connectivity index (χ4n) is 1.65. The molecule has 130 valence electrons. The smallest absolute Gasteiger partial charge is 0.321 e. The highest BCUT2D eigenvalue weighted by atomic mass is 35.5. The molecule has 2 aromatic rings. The Balaban J connectivity index is 1.96. The maximum Gasteiger partial charge on any atom is 0.321 e. The zero-order valence-corrected chi connectivity index (χ0v) is 14.9. The van der Waals surface area contributed by atoms with Crippen LogP contribution >= 0.6 is 23.2 Å². The number of ether oxygens (including phenoxy) is 1. The second-order valence-electron chi connectivity index (χ2n) is 4.71. The van der Waals surface area contributed by atoms with Crippen molar-refractivity contribution < 1.29 is 22.5 Å².